The maximum Gasteiger partial charge on any atom is 0.135 e. The summed E-state index contributed by atoms with van der Waals surface area (Å²) in [5.41, 5.74) is -0.396. The number of hydrogen-bond donors (Lipinski definition) is 1. The van der Waals surface area contributed by atoms with Crippen LogP contribution in [0.1, 0.15) is 64.2 Å². The molecule has 15 heavy (non-hydrogen) atoms. The van der Waals surface area contributed by atoms with Crippen LogP contribution in [-0.2, 0) is 4.79 Å². The first kappa shape index (κ1) is 11.1. The Labute approximate surface area is 92.1 Å². The first-order chi connectivity index (χ1) is 7.20. The van der Waals surface area contributed by atoms with Crippen molar-refractivity contribution in [1.82, 2.24) is 0 Å². The lowest BCUT2D eigenvalue weighted by Crippen LogP contribution is -2.37. The summed E-state index contributed by atoms with van der Waals surface area (Å²) in [5.74, 6) is 0.715. The Morgan fingerprint density at radius 1 is 1.20 bits per heavy atom. The second-order valence-electron chi connectivity index (χ2n) is 5.38. The molecule has 86 valence electrons. The zero-order valence-electron chi connectivity index (χ0n) is 9.50. The van der Waals surface area contributed by atoms with Crippen LogP contribution in [0.3, 0.4) is 0 Å². The number of Topliss-reactive ketones (excluding diaryl/α,β-unsaturated/α-hetero) is 1. The fraction of sp³-hybridized carbons (Fsp3) is 0.923. The van der Waals surface area contributed by atoms with E-state index in [1.165, 1.54) is 12.8 Å². The van der Waals surface area contributed by atoms with Gasteiger partial charge in [-0.15, -0.1) is 0 Å². The van der Waals surface area contributed by atoms with Gasteiger partial charge in [0.15, 0.2) is 0 Å². The van der Waals surface area contributed by atoms with Gasteiger partial charge in [-0.3, -0.25) is 4.79 Å². The van der Waals surface area contributed by atoms with E-state index in [1.54, 1.807) is 0 Å². The fourth-order valence-corrected chi connectivity index (χ4v) is 2.81. The minimum absolute atomic E-state index is 0.261. The van der Waals surface area contributed by atoms with Crippen LogP contribution < -0.4 is 0 Å². The van der Waals surface area contributed by atoms with Crippen molar-refractivity contribution >= 4 is 5.78 Å². The zero-order valence-corrected chi connectivity index (χ0v) is 9.50. The predicted octanol–water partition coefficient (Wildman–Crippen LogP) is 2.83. The van der Waals surface area contributed by atoms with Crippen molar-refractivity contribution in [2.24, 2.45) is 5.92 Å². The Balaban J connectivity index is 1.79. The van der Waals surface area contributed by atoms with Crippen molar-refractivity contribution in [1.29, 1.82) is 0 Å². The van der Waals surface area contributed by atoms with Gasteiger partial charge < -0.3 is 5.11 Å². The van der Waals surface area contributed by atoms with E-state index in [9.17, 15) is 9.90 Å². The molecular weight excluding hydrogens is 188 g/mol. The van der Waals surface area contributed by atoms with Crippen LogP contribution in [0.2, 0.25) is 0 Å². The van der Waals surface area contributed by atoms with Crippen LogP contribution in [0.25, 0.3) is 0 Å². The number of ketones is 1. The molecule has 0 heterocycles. The van der Waals surface area contributed by atoms with Crippen molar-refractivity contribution < 1.29 is 9.90 Å². The summed E-state index contributed by atoms with van der Waals surface area (Å²) in [7, 11) is 0. The Bertz CT molecular complexity index is 231. The van der Waals surface area contributed by atoms with Crippen molar-refractivity contribution in [2.75, 3.05) is 0 Å². The second kappa shape index (κ2) is 4.65. The summed E-state index contributed by atoms with van der Waals surface area (Å²) >= 11 is 0. The Hall–Kier alpha value is -0.370. The van der Waals surface area contributed by atoms with Crippen LogP contribution in [0.4, 0.5) is 0 Å². The average molecular weight is 210 g/mol. The Morgan fingerprint density at radius 2 is 2.00 bits per heavy atom. The van der Waals surface area contributed by atoms with Gasteiger partial charge in [0.1, 0.15) is 5.78 Å². The van der Waals surface area contributed by atoms with E-state index in [-0.39, 0.29) is 5.92 Å². The largest absolute Gasteiger partial charge is 0.390 e. The summed E-state index contributed by atoms with van der Waals surface area (Å²) in [6.45, 7) is 0. The van der Waals surface area contributed by atoms with Crippen molar-refractivity contribution in [3.8, 4) is 0 Å². The van der Waals surface area contributed by atoms with Gasteiger partial charge in [0.05, 0.1) is 5.60 Å². The molecule has 0 spiro atoms. The lowest BCUT2D eigenvalue weighted by Gasteiger charge is -2.37. The molecule has 2 saturated carbocycles. The van der Waals surface area contributed by atoms with Crippen LogP contribution >= 0.6 is 0 Å². The third-order valence-electron chi connectivity index (χ3n) is 4.17. The highest BCUT2D eigenvalue weighted by Gasteiger charge is 2.35. The third-order valence-corrected chi connectivity index (χ3v) is 4.17. The van der Waals surface area contributed by atoms with Crippen molar-refractivity contribution in [3.63, 3.8) is 0 Å². The smallest absolute Gasteiger partial charge is 0.135 e. The van der Waals surface area contributed by atoms with E-state index in [1.807, 2.05) is 0 Å². The van der Waals surface area contributed by atoms with Crippen LogP contribution in [0, 0.1) is 5.92 Å². The highest BCUT2D eigenvalue weighted by molar-refractivity contribution is 5.81. The fourth-order valence-electron chi connectivity index (χ4n) is 2.81. The minimum atomic E-state index is -0.396. The summed E-state index contributed by atoms with van der Waals surface area (Å²) in [6, 6.07) is 0. The van der Waals surface area contributed by atoms with Crippen LogP contribution in [-0.4, -0.2) is 16.5 Å². The molecule has 1 unspecified atom stereocenters. The molecule has 0 bridgehead atoms. The molecule has 0 aromatic carbocycles. The molecule has 2 fully saturated rings. The predicted molar refractivity (Wildman–Crippen MR) is 59.6 cm³/mol. The maximum atomic E-state index is 11.8. The third kappa shape index (κ3) is 2.81. The van der Waals surface area contributed by atoms with Crippen LogP contribution in [0.5, 0.6) is 0 Å². The molecule has 0 saturated heterocycles. The lowest BCUT2D eigenvalue weighted by molar-refractivity contribution is -0.123. The van der Waals surface area contributed by atoms with Gasteiger partial charge in [-0.05, 0) is 44.9 Å². The first-order valence-corrected chi connectivity index (χ1v) is 6.45. The second-order valence-corrected chi connectivity index (χ2v) is 5.38. The highest BCUT2D eigenvalue weighted by atomic mass is 16.3. The number of hydrogen-bond acceptors (Lipinski definition) is 2. The molecule has 0 aromatic heterocycles. The van der Waals surface area contributed by atoms with E-state index in [4.69, 9.17) is 0 Å². The van der Waals surface area contributed by atoms with Crippen molar-refractivity contribution in [3.05, 3.63) is 0 Å². The van der Waals surface area contributed by atoms with E-state index in [0.29, 0.717) is 5.78 Å². The SMILES string of the molecule is O=C1CCCCCC1CCC1(O)CCC1. The standard InChI is InChI=1S/C13H22O2/c14-12-6-3-1-2-5-11(12)7-10-13(15)8-4-9-13/h11,15H,1-10H2. The minimum Gasteiger partial charge on any atom is -0.390 e. The van der Waals surface area contributed by atoms with Gasteiger partial charge in [0.25, 0.3) is 0 Å². The summed E-state index contributed by atoms with van der Waals surface area (Å²) in [6.07, 6.45) is 10.2. The first-order valence-electron chi connectivity index (χ1n) is 6.45. The number of aliphatic hydroxyl groups is 1. The summed E-state index contributed by atoms with van der Waals surface area (Å²) in [5, 5.41) is 9.99. The van der Waals surface area contributed by atoms with Gasteiger partial charge in [-0.2, -0.15) is 0 Å². The zero-order chi connectivity index (χ0) is 10.7. The average Bonchev–Trinajstić information content (AvgIpc) is 2.37. The maximum absolute atomic E-state index is 11.8. The summed E-state index contributed by atoms with van der Waals surface area (Å²) < 4.78 is 0. The summed E-state index contributed by atoms with van der Waals surface area (Å²) in [4.78, 5) is 11.8. The van der Waals surface area contributed by atoms with Gasteiger partial charge in [0, 0.05) is 12.3 Å². The molecule has 2 aliphatic carbocycles. The molecule has 2 aliphatic rings. The van der Waals surface area contributed by atoms with Crippen LogP contribution in [0.15, 0.2) is 0 Å². The lowest BCUT2D eigenvalue weighted by atomic mass is 9.75. The van der Waals surface area contributed by atoms with E-state index in [0.717, 1.165) is 51.4 Å². The van der Waals surface area contributed by atoms with E-state index in [2.05, 4.69) is 0 Å². The molecule has 2 heteroatoms. The molecule has 1 atom stereocenters. The molecule has 0 aliphatic heterocycles. The quantitative estimate of drug-likeness (QED) is 0.727. The normalized spacial score (nSPS) is 30.7. The van der Waals surface area contributed by atoms with Gasteiger partial charge in [-0.25, -0.2) is 0 Å². The number of carbonyl (C=O) groups is 1. The van der Waals surface area contributed by atoms with Gasteiger partial charge >= 0.3 is 0 Å². The molecule has 1 N–H and O–H groups in total. The van der Waals surface area contributed by atoms with Crippen molar-refractivity contribution in [2.45, 2.75) is 69.8 Å². The molecule has 0 amide bonds. The highest BCUT2D eigenvalue weighted by Crippen LogP contribution is 2.37. The molecule has 0 aromatic rings. The molecule has 0 radical (unpaired) electrons. The van der Waals surface area contributed by atoms with E-state index < -0.39 is 5.60 Å². The van der Waals surface area contributed by atoms with Gasteiger partial charge in [0.2, 0.25) is 0 Å². The topological polar surface area (TPSA) is 37.3 Å². The van der Waals surface area contributed by atoms with Gasteiger partial charge in [-0.1, -0.05) is 12.8 Å². The number of carbonyl (C=O) groups excluding carboxylic acids is 1. The monoisotopic (exact) mass is 210 g/mol. The molecular formula is C13H22O2. The molecule has 2 rings (SSSR count). The molecule has 2 nitrogen and oxygen atoms in total. The number of rotatable bonds is 3. The van der Waals surface area contributed by atoms with E-state index >= 15 is 0 Å². The Morgan fingerprint density at radius 3 is 2.67 bits per heavy atom. The Kier molecular flexibility index (Phi) is 3.45.